The van der Waals surface area contributed by atoms with E-state index in [1.165, 1.54) is 16.4 Å². The summed E-state index contributed by atoms with van der Waals surface area (Å²) >= 11 is 0. The highest BCUT2D eigenvalue weighted by Gasteiger charge is 2.32. The summed E-state index contributed by atoms with van der Waals surface area (Å²) < 4.78 is 32.7. The van der Waals surface area contributed by atoms with Crippen molar-refractivity contribution in [1.82, 2.24) is 19.8 Å². The van der Waals surface area contributed by atoms with Crippen LogP contribution >= 0.6 is 0 Å². The molecule has 30 heavy (non-hydrogen) atoms. The van der Waals surface area contributed by atoms with Crippen molar-refractivity contribution in [2.45, 2.75) is 69.7 Å². The van der Waals surface area contributed by atoms with E-state index in [1.807, 2.05) is 20.8 Å². The SMILES string of the molecule is CC(C)(C)c1nc(C(C)(C)NC(=O)c2cccc(S(=O)(=O)N3CCCCC3)c2)no1. The predicted molar refractivity (Wildman–Crippen MR) is 113 cm³/mol. The van der Waals surface area contributed by atoms with Gasteiger partial charge in [0.05, 0.1) is 10.4 Å². The van der Waals surface area contributed by atoms with Crippen LogP contribution in [0.25, 0.3) is 0 Å². The van der Waals surface area contributed by atoms with Gasteiger partial charge in [0.15, 0.2) is 5.82 Å². The van der Waals surface area contributed by atoms with E-state index in [-0.39, 0.29) is 15.9 Å². The highest BCUT2D eigenvalue weighted by molar-refractivity contribution is 7.89. The normalized spacial score (nSPS) is 16.4. The fraction of sp³-hybridized carbons (Fsp3) is 0.571. The molecule has 9 heteroatoms. The van der Waals surface area contributed by atoms with Gasteiger partial charge in [-0.3, -0.25) is 4.79 Å². The van der Waals surface area contributed by atoms with Crippen molar-refractivity contribution in [3.8, 4) is 0 Å². The lowest BCUT2D eigenvalue weighted by atomic mass is 9.97. The molecule has 0 aliphatic carbocycles. The van der Waals surface area contributed by atoms with Gasteiger partial charge in [-0.2, -0.15) is 9.29 Å². The molecule has 1 fully saturated rings. The Kier molecular flexibility index (Phi) is 6.06. The molecule has 1 aliphatic heterocycles. The maximum Gasteiger partial charge on any atom is 0.252 e. The van der Waals surface area contributed by atoms with E-state index in [4.69, 9.17) is 4.52 Å². The van der Waals surface area contributed by atoms with Crippen LogP contribution in [0.15, 0.2) is 33.7 Å². The number of aromatic nitrogens is 2. The molecule has 3 rings (SSSR count). The van der Waals surface area contributed by atoms with Gasteiger partial charge in [0.1, 0.15) is 0 Å². The van der Waals surface area contributed by atoms with Gasteiger partial charge in [-0.25, -0.2) is 8.42 Å². The van der Waals surface area contributed by atoms with Crippen LogP contribution in [0.2, 0.25) is 0 Å². The van der Waals surface area contributed by atoms with Gasteiger partial charge in [-0.05, 0) is 44.9 Å². The fourth-order valence-electron chi connectivity index (χ4n) is 3.25. The first-order valence-electron chi connectivity index (χ1n) is 10.2. The molecular formula is C21H30N4O4S. The number of sulfonamides is 1. The van der Waals surface area contributed by atoms with E-state index in [2.05, 4.69) is 15.5 Å². The second kappa shape index (κ2) is 8.11. The Morgan fingerprint density at radius 1 is 1.10 bits per heavy atom. The standard InChI is InChI=1S/C21H30N4O4S/c1-20(2,3)19-22-18(24-29-19)21(4,5)23-17(26)15-10-9-11-16(14-15)30(27,28)25-12-7-6-8-13-25/h9-11,14H,6-8,12-13H2,1-5H3,(H,23,26). The van der Waals surface area contributed by atoms with Crippen LogP contribution < -0.4 is 5.32 Å². The van der Waals surface area contributed by atoms with Gasteiger partial charge in [0, 0.05) is 24.1 Å². The maximum absolute atomic E-state index is 12.9. The zero-order valence-corrected chi connectivity index (χ0v) is 19.0. The van der Waals surface area contributed by atoms with Gasteiger partial charge in [-0.1, -0.05) is 38.4 Å². The van der Waals surface area contributed by atoms with E-state index >= 15 is 0 Å². The van der Waals surface area contributed by atoms with Crippen molar-refractivity contribution in [3.05, 3.63) is 41.5 Å². The monoisotopic (exact) mass is 434 g/mol. The van der Waals surface area contributed by atoms with Crippen molar-refractivity contribution in [2.75, 3.05) is 13.1 Å². The first-order valence-corrected chi connectivity index (χ1v) is 11.6. The van der Waals surface area contributed by atoms with Crippen LogP contribution in [0.1, 0.15) is 76.0 Å². The Labute approximate surface area is 178 Å². The minimum atomic E-state index is -3.61. The van der Waals surface area contributed by atoms with Crippen molar-refractivity contribution in [1.29, 1.82) is 0 Å². The quantitative estimate of drug-likeness (QED) is 0.775. The van der Waals surface area contributed by atoms with Crippen LogP contribution in [-0.2, 0) is 21.0 Å². The summed E-state index contributed by atoms with van der Waals surface area (Å²) in [4.78, 5) is 17.4. The van der Waals surface area contributed by atoms with Crippen LogP contribution in [0, 0.1) is 0 Å². The third-order valence-electron chi connectivity index (χ3n) is 5.10. The third kappa shape index (κ3) is 4.73. The van der Waals surface area contributed by atoms with E-state index in [0.717, 1.165) is 19.3 Å². The molecule has 8 nitrogen and oxygen atoms in total. The highest BCUT2D eigenvalue weighted by atomic mass is 32.2. The summed E-state index contributed by atoms with van der Waals surface area (Å²) in [6.07, 6.45) is 2.75. The lowest BCUT2D eigenvalue weighted by Gasteiger charge is -2.26. The molecule has 0 spiro atoms. The lowest BCUT2D eigenvalue weighted by molar-refractivity contribution is 0.0907. The summed E-state index contributed by atoms with van der Waals surface area (Å²) in [5.41, 5.74) is -0.936. The molecule has 1 aromatic heterocycles. The number of hydrogen-bond acceptors (Lipinski definition) is 6. The molecule has 1 saturated heterocycles. The number of nitrogens with zero attached hydrogens (tertiary/aromatic N) is 3. The summed E-state index contributed by atoms with van der Waals surface area (Å²) in [5.74, 6) is 0.435. The van der Waals surface area contributed by atoms with Gasteiger partial charge >= 0.3 is 0 Å². The van der Waals surface area contributed by atoms with Crippen LogP contribution in [0.5, 0.6) is 0 Å². The third-order valence-corrected chi connectivity index (χ3v) is 7.00. The Hall–Kier alpha value is -2.26. The molecule has 0 radical (unpaired) electrons. The van der Waals surface area contributed by atoms with E-state index in [1.54, 1.807) is 26.0 Å². The number of benzene rings is 1. The molecule has 164 valence electrons. The van der Waals surface area contributed by atoms with E-state index < -0.39 is 21.5 Å². The molecule has 1 aliphatic rings. The first-order chi connectivity index (χ1) is 13.9. The highest BCUT2D eigenvalue weighted by Crippen LogP contribution is 2.25. The van der Waals surface area contributed by atoms with Gasteiger partial charge in [-0.15, -0.1) is 0 Å². The molecule has 1 aromatic carbocycles. The summed E-state index contributed by atoms with van der Waals surface area (Å²) in [6.45, 7) is 10.5. The Balaban J connectivity index is 1.80. The minimum absolute atomic E-state index is 0.129. The Morgan fingerprint density at radius 2 is 1.77 bits per heavy atom. The molecule has 0 atom stereocenters. The minimum Gasteiger partial charge on any atom is -0.340 e. The first kappa shape index (κ1) is 22.4. The number of amides is 1. The molecule has 1 amide bonds. The zero-order valence-electron chi connectivity index (χ0n) is 18.2. The topological polar surface area (TPSA) is 105 Å². The van der Waals surface area contributed by atoms with Gasteiger partial charge < -0.3 is 9.84 Å². The van der Waals surface area contributed by atoms with E-state index in [9.17, 15) is 13.2 Å². The van der Waals surface area contributed by atoms with Crippen molar-refractivity contribution in [2.24, 2.45) is 0 Å². The second-order valence-electron chi connectivity index (χ2n) is 9.24. The van der Waals surface area contributed by atoms with Crippen molar-refractivity contribution in [3.63, 3.8) is 0 Å². The van der Waals surface area contributed by atoms with E-state index in [0.29, 0.717) is 24.8 Å². The Bertz CT molecular complexity index is 1020. The predicted octanol–water partition coefficient (Wildman–Crippen LogP) is 3.21. The Morgan fingerprint density at radius 3 is 2.37 bits per heavy atom. The van der Waals surface area contributed by atoms with Crippen LogP contribution in [-0.4, -0.2) is 41.9 Å². The smallest absolute Gasteiger partial charge is 0.252 e. The largest absolute Gasteiger partial charge is 0.340 e. The second-order valence-corrected chi connectivity index (χ2v) is 11.2. The van der Waals surface area contributed by atoms with Crippen molar-refractivity contribution < 1.29 is 17.7 Å². The zero-order chi connectivity index (χ0) is 22.2. The van der Waals surface area contributed by atoms with Crippen LogP contribution in [0.3, 0.4) is 0 Å². The molecule has 0 saturated carbocycles. The van der Waals surface area contributed by atoms with Crippen molar-refractivity contribution >= 4 is 15.9 Å². The van der Waals surface area contributed by atoms with Gasteiger partial charge in [0.2, 0.25) is 15.9 Å². The number of hydrogen-bond donors (Lipinski definition) is 1. The fourth-order valence-corrected chi connectivity index (χ4v) is 4.81. The number of rotatable bonds is 5. The molecule has 0 unspecified atom stereocenters. The molecule has 1 N–H and O–H groups in total. The lowest BCUT2D eigenvalue weighted by Crippen LogP contribution is -2.42. The van der Waals surface area contributed by atoms with Gasteiger partial charge in [0.25, 0.3) is 5.91 Å². The summed E-state index contributed by atoms with van der Waals surface area (Å²) in [5, 5.41) is 6.90. The number of piperidine rings is 1. The molecule has 0 bridgehead atoms. The molecule has 2 aromatic rings. The average Bonchev–Trinajstić information content (AvgIpc) is 3.20. The average molecular weight is 435 g/mol. The number of carbonyl (C=O) groups is 1. The summed E-state index contributed by atoms with van der Waals surface area (Å²) in [6, 6.07) is 6.13. The molecule has 2 heterocycles. The number of nitrogens with one attached hydrogen (secondary N) is 1. The number of carbonyl (C=O) groups excluding carboxylic acids is 1. The maximum atomic E-state index is 12.9. The molecular weight excluding hydrogens is 404 g/mol. The van der Waals surface area contributed by atoms with Crippen LogP contribution in [0.4, 0.5) is 0 Å². The summed E-state index contributed by atoms with van der Waals surface area (Å²) in [7, 11) is -3.61.